The quantitative estimate of drug-likeness (QED) is 0.665. The Hall–Kier alpha value is -3.35. The van der Waals surface area contributed by atoms with Gasteiger partial charge in [-0.1, -0.05) is 18.2 Å². The van der Waals surface area contributed by atoms with Crippen molar-refractivity contribution in [3.05, 3.63) is 64.7 Å². The number of nitrogens with one attached hydrogen (secondary N) is 2. The Kier molecular flexibility index (Phi) is 7.77. The minimum Gasteiger partial charge on any atom is -0.454 e. The van der Waals surface area contributed by atoms with Gasteiger partial charge in [-0.25, -0.2) is 0 Å². The van der Waals surface area contributed by atoms with Gasteiger partial charge in [0, 0.05) is 31.9 Å². The number of amides is 2. The Morgan fingerprint density at radius 2 is 1.62 bits per heavy atom. The number of hydrogen-bond acceptors (Lipinski definition) is 5. The third-order valence-corrected chi connectivity index (χ3v) is 4.47. The van der Waals surface area contributed by atoms with Gasteiger partial charge in [-0.3, -0.25) is 14.4 Å². The van der Waals surface area contributed by atoms with Crippen LogP contribution in [0, 0.1) is 13.8 Å². The van der Waals surface area contributed by atoms with Crippen LogP contribution in [-0.4, -0.2) is 45.0 Å². The van der Waals surface area contributed by atoms with Gasteiger partial charge >= 0.3 is 5.97 Å². The molecule has 0 atom stereocenters. The first-order valence-corrected chi connectivity index (χ1v) is 9.30. The molecular weight excluding hydrogens is 370 g/mol. The summed E-state index contributed by atoms with van der Waals surface area (Å²) < 4.78 is 4.90. The second-order valence-corrected chi connectivity index (χ2v) is 6.98. The van der Waals surface area contributed by atoms with E-state index in [0.29, 0.717) is 12.1 Å². The fraction of sp³-hybridized carbons (Fsp3) is 0.318. The first-order chi connectivity index (χ1) is 13.8. The number of aryl methyl sites for hydroxylation is 2. The first kappa shape index (κ1) is 21.9. The topological polar surface area (TPSA) is 87.7 Å². The fourth-order valence-electron chi connectivity index (χ4n) is 2.50. The maximum Gasteiger partial charge on any atom is 0.325 e. The van der Waals surface area contributed by atoms with Gasteiger partial charge in [-0.2, -0.15) is 0 Å². The van der Waals surface area contributed by atoms with E-state index < -0.39 is 18.5 Å². The molecule has 2 aromatic carbocycles. The molecule has 2 N–H and O–H groups in total. The highest BCUT2D eigenvalue weighted by Gasteiger charge is 2.11. The Bertz CT molecular complexity index is 876. The molecular formula is C22H27N3O4. The van der Waals surface area contributed by atoms with Crippen molar-refractivity contribution in [2.75, 3.05) is 32.1 Å². The van der Waals surface area contributed by atoms with E-state index in [1.807, 2.05) is 63.2 Å². The van der Waals surface area contributed by atoms with Crippen LogP contribution in [0.4, 0.5) is 5.69 Å². The molecule has 2 aromatic rings. The van der Waals surface area contributed by atoms with E-state index in [2.05, 4.69) is 10.6 Å². The minimum absolute atomic E-state index is 0.301. The van der Waals surface area contributed by atoms with Crippen LogP contribution < -0.4 is 15.5 Å². The maximum absolute atomic E-state index is 12.1. The highest BCUT2D eigenvalue weighted by Crippen LogP contribution is 2.12. The lowest BCUT2D eigenvalue weighted by atomic mass is 10.1. The molecule has 7 heteroatoms. The molecule has 0 spiro atoms. The summed E-state index contributed by atoms with van der Waals surface area (Å²) >= 11 is 0. The van der Waals surface area contributed by atoms with Gasteiger partial charge in [-0.05, 0) is 54.8 Å². The molecule has 7 nitrogen and oxygen atoms in total. The highest BCUT2D eigenvalue weighted by atomic mass is 16.5. The van der Waals surface area contributed by atoms with Crippen molar-refractivity contribution < 1.29 is 19.1 Å². The second kappa shape index (κ2) is 10.3. The number of ether oxygens (including phenoxy) is 1. The average molecular weight is 397 g/mol. The summed E-state index contributed by atoms with van der Waals surface area (Å²) in [5.74, 6) is -1.45. The van der Waals surface area contributed by atoms with Gasteiger partial charge in [-0.15, -0.1) is 0 Å². The smallest absolute Gasteiger partial charge is 0.325 e. The van der Waals surface area contributed by atoms with Crippen LogP contribution in [0.15, 0.2) is 42.5 Å². The molecule has 0 saturated heterocycles. The molecule has 0 aliphatic carbocycles. The summed E-state index contributed by atoms with van der Waals surface area (Å²) in [7, 11) is 3.91. The minimum atomic E-state index is -0.673. The lowest BCUT2D eigenvalue weighted by Crippen LogP contribution is -2.33. The van der Waals surface area contributed by atoms with E-state index in [9.17, 15) is 14.4 Å². The number of carbonyl (C=O) groups excluding carboxylic acids is 3. The van der Waals surface area contributed by atoms with Crippen LogP contribution in [0.5, 0.6) is 0 Å². The molecule has 0 fully saturated rings. The van der Waals surface area contributed by atoms with Gasteiger partial charge in [0.05, 0.1) is 0 Å². The van der Waals surface area contributed by atoms with Gasteiger partial charge < -0.3 is 20.3 Å². The Morgan fingerprint density at radius 3 is 2.24 bits per heavy atom. The molecule has 154 valence electrons. The zero-order chi connectivity index (χ0) is 21.4. The maximum atomic E-state index is 12.1. The summed E-state index contributed by atoms with van der Waals surface area (Å²) in [5.41, 5.74) is 4.56. The summed E-state index contributed by atoms with van der Waals surface area (Å²) in [6, 6.07) is 13.1. The molecule has 2 rings (SSSR count). The second-order valence-electron chi connectivity index (χ2n) is 6.98. The number of benzene rings is 2. The van der Waals surface area contributed by atoms with E-state index in [0.717, 1.165) is 22.4 Å². The summed E-state index contributed by atoms with van der Waals surface area (Å²) in [4.78, 5) is 37.7. The summed E-state index contributed by atoms with van der Waals surface area (Å²) in [6.45, 7) is 3.51. The van der Waals surface area contributed by atoms with Crippen molar-refractivity contribution in [3.8, 4) is 0 Å². The molecule has 29 heavy (non-hydrogen) atoms. The van der Waals surface area contributed by atoms with Crippen LogP contribution >= 0.6 is 0 Å². The van der Waals surface area contributed by atoms with Crippen LogP contribution in [0.3, 0.4) is 0 Å². The van der Waals surface area contributed by atoms with Crippen molar-refractivity contribution in [2.45, 2.75) is 20.4 Å². The van der Waals surface area contributed by atoms with Crippen molar-refractivity contribution in [2.24, 2.45) is 0 Å². The van der Waals surface area contributed by atoms with Crippen molar-refractivity contribution in [1.82, 2.24) is 10.6 Å². The van der Waals surface area contributed by atoms with Crippen LogP contribution in [-0.2, 0) is 20.9 Å². The molecule has 2 amide bonds. The lowest BCUT2D eigenvalue weighted by molar-refractivity contribution is -0.147. The Labute approximate surface area is 171 Å². The lowest BCUT2D eigenvalue weighted by Gasteiger charge is -2.13. The number of rotatable bonds is 8. The monoisotopic (exact) mass is 397 g/mol. The molecule has 0 aliphatic heterocycles. The first-order valence-electron chi connectivity index (χ1n) is 9.30. The predicted octanol–water partition coefficient (Wildman–Crippen LogP) is 1.96. The van der Waals surface area contributed by atoms with Gasteiger partial charge in [0.2, 0.25) is 0 Å². The zero-order valence-electron chi connectivity index (χ0n) is 17.2. The Morgan fingerprint density at radius 1 is 0.931 bits per heavy atom. The van der Waals surface area contributed by atoms with E-state index in [-0.39, 0.29) is 12.5 Å². The molecule has 0 saturated carbocycles. The number of esters is 1. The van der Waals surface area contributed by atoms with Gasteiger partial charge in [0.25, 0.3) is 11.8 Å². The number of nitrogens with zero attached hydrogens (tertiary/aromatic N) is 1. The molecule has 0 aliphatic rings. The molecule has 0 radical (unpaired) electrons. The molecule has 0 bridgehead atoms. The van der Waals surface area contributed by atoms with Crippen LogP contribution in [0.2, 0.25) is 0 Å². The number of hydrogen-bond donors (Lipinski definition) is 2. The average Bonchev–Trinajstić information content (AvgIpc) is 2.71. The standard InChI is InChI=1S/C22H27N3O4/c1-15-5-8-18(11-16(15)2)22(28)24-13-21(27)29-14-20(26)23-12-17-6-9-19(10-7-17)25(3)4/h5-11H,12-14H2,1-4H3,(H,23,26)(H,24,28). The van der Waals surface area contributed by atoms with E-state index in [4.69, 9.17) is 4.74 Å². The van der Waals surface area contributed by atoms with Crippen molar-refractivity contribution in [3.63, 3.8) is 0 Å². The van der Waals surface area contributed by atoms with Crippen LogP contribution in [0.25, 0.3) is 0 Å². The van der Waals surface area contributed by atoms with Crippen LogP contribution in [0.1, 0.15) is 27.0 Å². The van der Waals surface area contributed by atoms with E-state index >= 15 is 0 Å². The normalized spacial score (nSPS) is 10.2. The van der Waals surface area contributed by atoms with Crippen molar-refractivity contribution >= 4 is 23.5 Å². The highest BCUT2D eigenvalue weighted by molar-refractivity contribution is 5.96. The van der Waals surface area contributed by atoms with Gasteiger partial charge in [0.1, 0.15) is 6.54 Å². The molecule has 0 unspecified atom stereocenters. The summed E-state index contributed by atoms with van der Waals surface area (Å²) in [6.07, 6.45) is 0. The van der Waals surface area contributed by atoms with Gasteiger partial charge in [0.15, 0.2) is 6.61 Å². The third-order valence-electron chi connectivity index (χ3n) is 4.47. The summed E-state index contributed by atoms with van der Waals surface area (Å²) in [5, 5.41) is 5.18. The number of carbonyl (C=O) groups is 3. The zero-order valence-corrected chi connectivity index (χ0v) is 17.2. The third kappa shape index (κ3) is 6.95. The Balaban J connectivity index is 1.69. The SMILES string of the molecule is Cc1ccc(C(=O)NCC(=O)OCC(=O)NCc2ccc(N(C)C)cc2)cc1C. The predicted molar refractivity (Wildman–Crippen MR) is 112 cm³/mol. The van der Waals surface area contributed by atoms with E-state index in [1.54, 1.807) is 12.1 Å². The number of anilines is 1. The van der Waals surface area contributed by atoms with E-state index in [1.165, 1.54) is 0 Å². The molecule has 0 aromatic heterocycles. The van der Waals surface area contributed by atoms with Crippen molar-refractivity contribution in [1.29, 1.82) is 0 Å². The molecule has 0 heterocycles. The fourth-order valence-corrected chi connectivity index (χ4v) is 2.50. The largest absolute Gasteiger partial charge is 0.454 e.